The minimum absolute atomic E-state index is 0.142. The van der Waals surface area contributed by atoms with Crippen molar-refractivity contribution in [1.82, 2.24) is 0 Å². The molecule has 0 amide bonds. The summed E-state index contributed by atoms with van der Waals surface area (Å²) in [6.45, 7) is 3.09. The molecule has 0 heterocycles. The van der Waals surface area contributed by atoms with Gasteiger partial charge in [0.05, 0.1) is 0 Å². The van der Waals surface area contributed by atoms with E-state index in [0.717, 1.165) is 64.2 Å². The van der Waals surface area contributed by atoms with E-state index in [2.05, 4.69) is 13.8 Å². The van der Waals surface area contributed by atoms with Crippen molar-refractivity contribution in [1.29, 1.82) is 0 Å². The maximum absolute atomic E-state index is 15.5. The molecule has 41 heavy (non-hydrogen) atoms. The van der Waals surface area contributed by atoms with E-state index in [9.17, 15) is 35.1 Å². The third-order valence-electron chi connectivity index (χ3n) is 7.07. The molecular weight excluding hydrogens is 677 g/mol. The fraction of sp³-hybridized carbons (Fsp3) is 1.00. The van der Waals surface area contributed by atoms with Gasteiger partial charge in [0.15, 0.2) is 0 Å². The number of hydrogen-bond acceptors (Lipinski definition) is 2. The van der Waals surface area contributed by atoms with E-state index in [1.807, 2.05) is 0 Å². The molecule has 0 aromatic heterocycles. The van der Waals surface area contributed by atoms with Gasteiger partial charge in [0.1, 0.15) is 0 Å². The van der Waals surface area contributed by atoms with E-state index in [1.165, 1.54) is 0 Å². The average Bonchev–Trinajstić information content (AvgIpc) is 2.95. The first kappa shape index (κ1) is 41.0. The Labute approximate surface area is 244 Å². The molecule has 2 nitrogen and oxygen atoms in total. The summed E-state index contributed by atoms with van der Waals surface area (Å²) in [7, 11) is 0. The van der Waals surface area contributed by atoms with Crippen LogP contribution in [0.1, 0.15) is 117 Å². The van der Waals surface area contributed by atoms with Gasteiger partial charge in [-0.05, 0) is 0 Å². The molecule has 0 aromatic carbocycles. The van der Waals surface area contributed by atoms with Crippen LogP contribution in [0.2, 0.25) is 0 Å². The molecule has 13 heteroatoms. The van der Waals surface area contributed by atoms with Crippen LogP contribution in [0.25, 0.3) is 0 Å². The van der Waals surface area contributed by atoms with Crippen molar-refractivity contribution in [3.05, 3.63) is 0 Å². The van der Waals surface area contributed by atoms with Crippen molar-refractivity contribution in [2.24, 2.45) is 0 Å². The van der Waals surface area contributed by atoms with Gasteiger partial charge < -0.3 is 0 Å². The Hall–Kier alpha value is 0.0187. The molecule has 0 rings (SSSR count). The second kappa shape index (κ2) is 24.4. The van der Waals surface area contributed by atoms with Gasteiger partial charge in [0.25, 0.3) is 0 Å². The van der Waals surface area contributed by atoms with Crippen molar-refractivity contribution in [2.75, 3.05) is 13.2 Å². The SMILES string of the molecule is CCCCCCCCCC[O][Sn]([O]CCCCCCCCCC)([CH](F)C(F)C(F)C(F)F)[CH](F)C(F)C(F)C(F)F. The summed E-state index contributed by atoms with van der Waals surface area (Å²) < 4.78 is 143. The number of rotatable bonds is 28. The molecule has 6 atom stereocenters. The molecule has 6 unspecified atom stereocenters. The van der Waals surface area contributed by atoms with Crippen LogP contribution in [0, 0.1) is 0 Å². The van der Waals surface area contributed by atoms with Gasteiger partial charge in [0.2, 0.25) is 0 Å². The predicted molar refractivity (Wildman–Crippen MR) is 144 cm³/mol. The minimum atomic E-state index is -6.77. The Morgan fingerprint density at radius 2 is 0.659 bits per heavy atom. The molecular formula is C28H50F10O2Sn. The molecule has 0 radical (unpaired) electrons. The number of hydrogen-bond donors (Lipinski definition) is 0. The van der Waals surface area contributed by atoms with Gasteiger partial charge in [-0.1, -0.05) is 0 Å². The van der Waals surface area contributed by atoms with Crippen LogP contribution < -0.4 is 0 Å². The third-order valence-corrected chi connectivity index (χ3v) is 17.0. The topological polar surface area (TPSA) is 18.5 Å². The summed E-state index contributed by atoms with van der Waals surface area (Å²) in [5.74, 6) is 0. The van der Waals surface area contributed by atoms with Crippen LogP contribution in [-0.4, -0.2) is 78.3 Å². The van der Waals surface area contributed by atoms with Crippen LogP contribution >= 0.6 is 0 Å². The van der Waals surface area contributed by atoms with Crippen molar-refractivity contribution >= 4 is 19.2 Å². The first-order valence-corrected chi connectivity index (χ1v) is 20.8. The second-order valence-corrected chi connectivity index (χ2v) is 19.5. The average molecular weight is 727 g/mol. The van der Waals surface area contributed by atoms with Crippen molar-refractivity contribution < 1.29 is 50.1 Å². The van der Waals surface area contributed by atoms with Crippen LogP contribution in [0.3, 0.4) is 0 Å². The number of halogens is 10. The molecule has 0 N–H and O–H groups in total. The van der Waals surface area contributed by atoms with E-state index >= 15 is 8.78 Å². The first-order chi connectivity index (χ1) is 19.5. The van der Waals surface area contributed by atoms with E-state index in [0.29, 0.717) is 25.7 Å². The van der Waals surface area contributed by atoms with Gasteiger partial charge >= 0.3 is 245 Å². The quantitative estimate of drug-likeness (QED) is 0.0454. The zero-order chi connectivity index (χ0) is 31.3. The maximum atomic E-state index is 15.5. The standard InChI is InChI=1S/2C10H21O.2C4H4F5.Sn/c2*1-2-3-4-5-6-7-8-9-10-11;2*5-1-2(6)3(7)4(8)9;/h2*2-10H2,1H3;2*1-4H;/q2*-1;;;+2. The van der Waals surface area contributed by atoms with E-state index in [4.69, 9.17) is 6.15 Å². The normalized spacial score (nSPS) is 17.1. The van der Waals surface area contributed by atoms with Gasteiger partial charge in [-0.2, -0.15) is 0 Å². The number of unbranched alkanes of at least 4 members (excludes halogenated alkanes) is 14. The molecule has 248 valence electrons. The van der Waals surface area contributed by atoms with E-state index in [-0.39, 0.29) is 12.8 Å². The van der Waals surface area contributed by atoms with Gasteiger partial charge in [-0.25, -0.2) is 0 Å². The predicted octanol–water partition coefficient (Wildman–Crippen LogP) is 10.4. The van der Waals surface area contributed by atoms with Crippen molar-refractivity contribution in [2.45, 2.75) is 162 Å². The molecule has 0 spiro atoms. The van der Waals surface area contributed by atoms with Crippen LogP contribution in [0.4, 0.5) is 43.9 Å². The molecule has 0 saturated carbocycles. The summed E-state index contributed by atoms with van der Waals surface area (Å²) in [5, 5.41) is 0. The fourth-order valence-corrected chi connectivity index (χ4v) is 13.6. The molecule has 0 aliphatic carbocycles. The van der Waals surface area contributed by atoms with Crippen LogP contribution in [0.15, 0.2) is 0 Å². The molecule has 0 bridgehead atoms. The summed E-state index contributed by atoms with van der Waals surface area (Å²) >= 11 is -6.77. The molecule has 0 aromatic rings. The number of alkyl halides is 10. The van der Waals surface area contributed by atoms with Gasteiger partial charge in [-0.3, -0.25) is 0 Å². The monoisotopic (exact) mass is 728 g/mol. The van der Waals surface area contributed by atoms with Crippen LogP contribution in [0.5, 0.6) is 0 Å². The van der Waals surface area contributed by atoms with Gasteiger partial charge in [-0.15, -0.1) is 0 Å². The van der Waals surface area contributed by atoms with E-state index in [1.54, 1.807) is 0 Å². The third kappa shape index (κ3) is 16.1. The summed E-state index contributed by atoms with van der Waals surface area (Å²) in [5.41, 5.74) is 0. The molecule has 0 aliphatic rings. The zero-order valence-electron chi connectivity index (χ0n) is 24.4. The summed E-state index contributed by atoms with van der Waals surface area (Å²) in [6, 6.07) is 0. The second-order valence-electron chi connectivity index (χ2n) is 10.6. The molecule has 0 saturated heterocycles. The molecule has 0 aliphatic heterocycles. The molecule has 0 fully saturated rings. The zero-order valence-corrected chi connectivity index (χ0v) is 27.3. The van der Waals surface area contributed by atoms with Gasteiger partial charge in [0, 0.05) is 0 Å². The van der Waals surface area contributed by atoms with E-state index < -0.39 is 78.3 Å². The Kier molecular flexibility index (Phi) is 24.4. The van der Waals surface area contributed by atoms with Crippen molar-refractivity contribution in [3.8, 4) is 0 Å². The Morgan fingerprint density at radius 1 is 0.390 bits per heavy atom. The fourth-order valence-electron chi connectivity index (χ4n) is 4.49. The van der Waals surface area contributed by atoms with Crippen molar-refractivity contribution in [3.63, 3.8) is 0 Å². The Balaban J connectivity index is 5.66. The first-order valence-electron chi connectivity index (χ1n) is 15.2. The Bertz CT molecular complexity index is 558. The summed E-state index contributed by atoms with van der Waals surface area (Å²) in [6.07, 6.45) is -10.1. The summed E-state index contributed by atoms with van der Waals surface area (Å²) in [4.78, 5) is 0. The van der Waals surface area contributed by atoms with Crippen LogP contribution in [-0.2, 0) is 6.15 Å². The Morgan fingerprint density at radius 3 is 0.927 bits per heavy atom.